The lowest BCUT2D eigenvalue weighted by molar-refractivity contribution is -0.137. The minimum atomic E-state index is -4.65. The maximum absolute atomic E-state index is 14.5. The molecule has 0 bridgehead atoms. The molecule has 1 aromatic heterocycles. The molecule has 3 amide bonds. The van der Waals surface area contributed by atoms with Crippen molar-refractivity contribution in [1.29, 1.82) is 0 Å². The number of nitrogens with zero attached hydrogens (tertiary/aromatic N) is 4. The normalized spacial score (nSPS) is 20.1. The first-order valence-corrected chi connectivity index (χ1v) is 17.1. The number of ether oxygens (including phenoxy) is 1. The first kappa shape index (κ1) is 34.4. The number of aryl methyl sites for hydroxylation is 1. The van der Waals surface area contributed by atoms with E-state index >= 15 is 0 Å². The molecule has 3 heterocycles. The Morgan fingerprint density at radius 3 is 2.39 bits per heavy atom. The zero-order valence-electron chi connectivity index (χ0n) is 28.4. The molecule has 0 spiro atoms. The summed E-state index contributed by atoms with van der Waals surface area (Å²) in [6, 6.07) is 19.5. The van der Waals surface area contributed by atoms with Crippen molar-refractivity contribution in [2.45, 2.75) is 44.8 Å². The fourth-order valence-electron chi connectivity index (χ4n) is 7.22. The van der Waals surface area contributed by atoms with Crippen LogP contribution in [0.5, 0.6) is 0 Å². The molecule has 3 aliphatic rings. The number of anilines is 2. The van der Waals surface area contributed by atoms with Crippen LogP contribution in [0.4, 0.5) is 24.7 Å². The van der Waals surface area contributed by atoms with Crippen molar-refractivity contribution in [2.24, 2.45) is 5.41 Å². The number of halogens is 3. The fourth-order valence-corrected chi connectivity index (χ4v) is 7.22. The van der Waals surface area contributed by atoms with Gasteiger partial charge in [0.25, 0.3) is 11.8 Å². The molecule has 266 valence electrons. The SMILES string of the molecule is CCN1C(=O)[C@@H](NC(=O)c2cccc(C(F)(F)F)c2)[C@H](c2cccc(NC(=O)C3(CN4CCOCC4)CC3)c2)c2c(C)nn(-c3ccccc3)c21. The zero-order chi connectivity index (χ0) is 35.9. The molecule has 2 N–H and O–H groups in total. The standard InChI is InChI=1S/C38H39F3N6O4/c1-3-46-34-30(24(2)44-47(34)29-13-5-4-6-14-29)31(32(35(46)49)43-33(48)26-10-7-11-27(21-26)38(39,40)41)25-9-8-12-28(22-25)42-36(50)37(15-16-37)23-45-17-19-51-20-18-45/h4-14,21-22,31-32H,3,15-20,23H2,1-2H3,(H,42,50)(H,43,48)/t31-,32+/m1/s1. The molecule has 4 aromatic rings. The smallest absolute Gasteiger partial charge is 0.379 e. The van der Waals surface area contributed by atoms with E-state index in [4.69, 9.17) is 9.84 Å². The van der Waals surface area contributed by atoms with Gasteiger partial charge < -0.3 is 15.4 Å². The van der Waals surface area contributed by atoms with Crippen molar-refractivity contribution >= 4 is 29.2 Å². The molecule has 0 unspecified atom stereocenters. The Morgan fingerprint density at radius 2 is 1.71 bits per heavy atom. The van der Waals surface area contributed by atoms with Crippen LogP contribution >= 0.6 is 0 Å². The summed E-state index contributed by atoms with van der Waals surface area (Å²) in [7, 11) is 0. The fraction of sp³-hybridized carbons (Fsp3) is 0.368. The van der Waals surface area contributed by atoms with Crippen LogP contribution in [0.3, 0.4) is 0 Å². The highest BCUT2D eigenvalue weighted by Crippen LogP contribution is 2.48. The summed E-state index contributed by atoms with van der Waals surface area (Å²) in [5, 5.41) is 10.8. The largest absolute Gasteiger partial charge is 0.416 e. The number of carbonyl (C=O) groups excluding carboxylic acids is 3. The third-order valence-electron chi connectivity index (χ3n) is 10.0. The number of fused-ring (bicyclic) bond motifs is 1. The number of likely N-dealkylation sites (N-methyl/N-ethyl adjacent to an activating group) is 1. The van der Waals surface area contributed by atoms with Gasteiger partial charge in [-0.25, -0.2) is 4.68 Å². The van der Waals surface area contributed by atoms with Crippen LogP contribution in [0.2, 0.25) is 0 Å². The molecule has 2 aliphatic heterocycles. The molecule has 2 fully saturated rings. The summed E-state index contributed by atoms with van der Waals surface area (Å²) in [6.07, 6.45) is -3.09. The Bertz CT molecular complexity index is 1950. The van der Waals surface area contributed by atoms with Crippen molar-refractivity contribution in [3.63, 3.8) is 0 Å². The average Bonchev–Trinajstić information content (AvgIpc) is 3.84. The van der Waals surface area contributed by atoms with E-state index in [-0.39, 0.29) is 18.0 Å². The monoisotopic (exact) mass is 700 g/mol. The Labute approximate surface area is 293 Å². The van der Waals surface area contributed by atoms with Gasteiger partial charge in [-0.3, -0.25) is 24.2 Å². The van der Waals surface area contributed by atoms with Crippen LogP contribution in [-0.4, -0.2) is 77.8 Å². The van der Waals surface area contributed by atoms with E-state index in [9.17, 15) is 27.6 Å². The number of carbonyl (C=O) groups is 3. The number of hydrogen-bond acceptors (Lipinski definition) is 6. The third kappa shape index (κ3) is 6.75. The number of aromatic nitrogens is 2. The average molecular weight is 701 g/mol. The quantitative estimate of drug-likeness (QED) is 0.237. The van der Waals surface area contributed by atoms with E-state index in [0.717, 1.165) is 43.8 Å². The number of benzene rings is 3. The van der Waals surface area contributed by atoms with Crippen molar-refractivity contribution in [2.75, 3.05) is 49.6 Å². The van der Waals surface area contributed by atoms with Gasteiger partial charge in [0.1, 0.15) is 11.9 Å². The van der Waals surface area contributed by atoms with Gasteiger partial charge in [-0.05, 0) is 74.7 Å². The summed E-state index contributed by atoms with van der Waals surface area (Å²) in [6.45, 7) is 7.37. The molecule has 3 aromatic carbocycles. The van der Waals surface area contributed by atoms with E-state index in [0.29, 0.717) is 48.1 Å². The Kier molecular flexibility index (Phi) is 9.19. The van der Waals surface area contributed by atoms with Gasteiger partial charge in [-0.15, -0.1) is 0 Å². The number of nitrogens with one attached hydrogen (secondary N) is 2. The molecule has 1 aliphatic carbocycles. The highest BCUT2D eigenvalue weighted by molar-refractivity contribution is 6.05. The second-order valence-electron chi connectivity index (χ2n) is 13.4. The molecular formula is C38H39F3N6O4. The Balaban J connectivity index is 1.27. The minimum Gasteiger partial charge on any atom is -0.379 e. The van der Waals surface area contributed by atoms with E-state index in [1.165, 1.54) is 12.1 Å². The maximum atomic E-state index is 14.5. The lowest BCUT2D eigenvalue weighted by Crippen LogP contribution is -2.55. The van der Waals surface area contributed by atoms with Gasteiger partial charge in [-0.2, -0.15) is 18.3 Å². The molecule has 1 saturated heterocycles. The van der Waals surface area contributed by atoms with Crippen LogP contribution in [-0.2, 0) is 20.5 Å². The summed E-state index contributed by atoms with van der Waals surface area (Å²) >= 11 is 0. The summed E-state index contributed by atoms with van der Waals surface area (Å²) in [4.78, 5) is 45.7. The zero-order valence-corrected chi connectivity index (χ0v) is 28.4. The molecule has 13 heteroatoms. The highest BCUT2D eigenvalue weighted by Gasteiger charge is 2.51. The van der Waals surface area contributed by atoms with Crippen molar-refractivity contribution in [3.8, 4) is 5.69 Å². The predicted molar refractivity (Wildman–Crippen MR) is 185 cm³/mol. The number of rotatable bonds is 9. The predicted octanol–water partition coefficient (Wildman–Crippen LogP) is 5.55. The number of morpholine rings is 1. The topological polar surface area (TPSA) is 109 Å². The van der Waals surface area contributed by atoms with E-state index < -0.39 is 40.9 Å². The first-order valence-electron chi connectivity index (χ1n) is 17.1. The molecule has 7 rings (SSSR count). The molecule has 2 atom stereocenters. The van der Waals surface area contributed by atoms with Crippen LogP contribution in [0.1, 0.15) is 58.4 Å². The Hall–Kier alpha value is -5.01. The maximum Gasteiger partial charge on any atom is 0.416 e. The molecule has 51 heavy (non-hydrogen) atoms. The van der Waals surface area contributed by atoms with Crippen molar-refractivity contribution < 1.29 is 32.3 Å². The number of para-hydroxylation sites is 1. The van der Waals surface area contributed by atoms with Gasteiger partial charge in [0.15, 0.2) is 0 Å². The summed E-state index contributed by atoms with van der Waals surface area (Å²) < 4.78 is 47.9. The van der Waals surface area contributed by atoms with E-state index in [1.54, 1.807) is 27.8 Å². The molecule has 10 nitrogen and oxygen atoms in total. The Morgan fingerprint density at radius 1 is 0.980 bits per heavy atom. The van der Waals surface area contributed by atoms with Crippen LogP contribution in [0, 0.1) is 12.3 Å². The first-order chi connectivity index (χ1) is 24.5. The van der Waals surface area contributed by atoms with Crippen molar-refractivity contribution in [1.82, 2.24) is 20.0 Å². The number of alkyl halides is 3. The summed E-state index contributed by atoms with van der Waals surface area (Å²) in [5.74, 6) is -1.59. The van der Waals surface area contributed by atoms with E-state index in [2.05, 4.69) is 15.5 Å². The lowest BCUT2D eigenvalue weighted by atomic mass is 9.80. The second-order valence-corrected chi connectivity index (χ2v) is 13.4. The molecule has 0 radical (unpaired) electrons. The number of hydrogen-bond donors (Lipinski definition) is 2. The van der Waals surface area contributed by atoms with Crippen LogP contribution < -0.4 is 15.5 Å². The van der Waals surface area contributed by atoms with Gasteiger partial charge in [0.05, 0.1) is 35.6 Å². The van der Waals surface area contributed by atoms with Gasteiger partial charge in [-0.1, -0.05) is 36.4 Å². The lowest BCUT2D eigenvalue weighted by Gasteiger charge is -2.38. The molecular weight excluding hydrogens is 661 g/mol. The minimum absolute atomic E-state index is 0.0776. The van der Waals surface area contributed by atoms with Gasteiger partial charge in [0.2, 0.25) is 5.91 Å². The van der Waals surface area contributed by atoms with Gasteiger partial charge >= 0.3 is 6.18 Å². The van der Waals surface area contributed by atoms with Crippen LogP contribution in [0.15, 0.2) is 78.9 Å². The van der Waals surface area contributed by atoms with Crippen LogP contribution in [0.25, 0.3) is 5.69 Å². The van der Waals surface area contributed by atoms with Gasteiger partial charge in [0, 0.05) is 48.9 Å². The molecule has 1 saturated carbocycles. The third-order valence-corrected chi connectivity index (χ3v) is 10.0. The highest BCUT2D eigenvalue weighted by atomic mass is 19.4. The second kappa shape index (κ2) is 13.6. The number of amides is 3. The van der Waals surface area contributed by atoms with Crippen molar-refractivity contribution in [3.05, 3.63) is 107 Å². The summed E-state index contributed by atoms with van der Waals surface area (Å²) in [5.41, 5.74) is 1.51. The van der Waals surface area contributed by atoms with E-state index in [1.807, 2.05) is 50.2 Å².